The largest absolute Gasteiger partial charge is 0.497 e. The lowest BCUT2D eigenvalue weighted by Gasteiger charge is -2.19. The summed E-state index contributed by atoms with van der Waals surface area (Å²) < 4.78 is 5.21. The Kier molecular flexibility index (Phi) is 6.41. The van der Waals surface area contributed by atoms with E-state index in [2.05, 4.69) is 10.6 Å². The molecule has 5 nitrogen and oxygen atoms in total. The van der Waals surface area contributed by atoms with Crippen LogP contribution in [0, 0.1) is 0 Å². The Morgan fingerprint density at radius 2 is 1.57 bits per heavy atom. The highest BCUT2D eigenvalue weighted by molar-refractivity contribution is 5.97. The molecule has 2 amide bonds. The third kappa shape index (κ3) is 4.98. The molecule has 3 rings (SSSR count). The number of ether oxygens (including phenoxy) is 1. The molecule has 0 aliphatic carbocycles. The van der Waals surface area contributed by atoms with E-state index in [9.17, 15) is 9.59 Å². The average Bonchev–Trinajstić information content (AvgIpc) is 2.77. The fraction of sp³-hybridized carbons (Fsp3) is 0.130. The first kappa shape index (κ1) is 19.2. The quantitative estimate of drug-likeness (QED) is 0.665. The highest BCUT2D eigenvalue weighted by Gasteiger charge is 2.23. The second kappa shape index (κ2) is 9.37. The molecule has 0 bridgehead atoms. The zero-order valence-corrected chi connectivity index (χ0v) is 15.6. The van der Waals surface area contributed by atoms with Gasteiger partial charge in [0.05, 0.1) is 7.11 Å². The van der Waals surface area contributed by atoms with E-state index in [4.69, 9.17) is 4.74 Å². The predicted molar refractivity (Wildman–Crippen MR) is 108 cm³/mol. The van der Waals surface area contributed by atoms with Crippen LogP contribution in [0.25, 0.3) is 0 Å². The van der Waals surface area contributed by atoms with Crippen molar-refractivity contribution in [3.8, 4) is 5.75 Å². The van der Waals surface area contributed by atoms with Gasteiger partial charge in [-0.3, -0.25) is 9.59 Å². The van der Waals surface area contributed by atoms with Crippen LogP contribution >= 0.6 is 0 Å². The van der Waals surface area contributed by atoms with Crippen molar-refractivity contribution in [2.24, 2.45) is 0 Å². The highest BCUT2D eigenvalue weighted by Crippen LogP contribution is 2.16. The van der Waals surface area contributed by atoms with Crippen LogP contribution in [0.4, 0.5) is 0 Å². The summed E-state index contributed by atoms with van der Waals surface area (Å²) >= 11 is 0. The summed E-state index contributed by atoms with van der Waals surface area (Å²) in [6.45, 7) is 0.334. The zero-order chi connectivity index (χ0) is 19.8. The number of rotatable bonds is 7. The lowest BCUT2D eigenvalue weighted by molar-refractivity contribution is -0.123. The molecule has 0 radical (unpaired) electrons. The number of hydrogen-bond donors (Lipinski definition) is 2. The first-order valence-corrected chi connectivity index (χ1v) is 8.99. The summed E-state index contributed by atoms with van der Waals surface area (Å²) in [6.07, 6.45) is 0. The Bertz CT molecular complexity index is 927. The molecule has 0 saturated heterocycles. The van der Waals surface area contributed by atoms with Crippen molar-refractivity contribution in [3.05, 3.63) is 102 Å². The molecule has 3 aromatic rings. The molecule has 3 aromatic carbocycles. The molecule has 5 heteroatoms. The Balaban J connectivity index is 1.74. The van der Waals surface area contributed by atoms with E-state index < -0.39 is 6.04 Å². The maximum Gasteiger partial charge on any atom is 0.252 e. The molecule has 0 unspecified atom stereocenters. The van der Waals surface area contributed by atoms with Gasteiger partial charge in [-0.2, -0.15) is 0 Å². The molecule has 0 aromatic heterocycles. The van der Waals surface area contributed by atoms with Gasteiger partial charge in [-0.1, -0.05) is 60.7 Å². The maximum atomic E-state index is 12.9. The van der Waals surface area contributed by atoms with Gasteiger partial charge in [0.1, 0.15) is 11.8 Å². The van der Waals surface area contributed by atoms with Gasteiger partial charge in [0.25, 0.3) is 5.91 Å². The summed E-state index contributed by atoms with van der Waals surface area (Å²) in [4.78, 5) is 25.5. The minimum Gasteiger partial charge on any atom is -0.497 e. The fourth-order valence-electron chi connectivity index (χ4n) is 2.82. The molecule has 28 heavy (non-hydrogen) atoms. The number of carbonyl (C=O) groups is 2. The average molecular weight is 374 g/mol. The maximum absolute atomic E-state index is 12.9. The number of carbonyl (C=O) groups excluding carboxylic acids is 2. The van der Waals surface area contributed by atoms with Crippen LogP contribution in [0.5, 0.6) is 5.75 Å². The van der Waals surface area contributed by atoms with Gasteiger partial charge >= 0.3 is 0 Å². The molecular weight excluding hydrogens is 352 g/mol. The molecule has 2 N–H and O–H groups in total. The van der Waals surface area contributed by atoms with Crippen LogP contribution in [0.2, 0.25) is 0 Å². The van der Waals surface area contributed by atoms with E-state index in [1.165, 1.54) is 0 Å². The van der Waals surface area contributed by atoms with Crippen molar-refractivity contribution in [2.75, 3.05) is 7.11 Å². The SMILES string of the molecule is COc1cccc(CNC(=O)[C@H](NC(=O)c2ccccc2)c2ccccc2)c1. The molecule has 1 atom stereocenters. The molecule has 0 saturated carbocycles. The number of nitrogens with one attached hydrogen (secondary N) is 2. The van der Waals surface area contributed by atoms with Crippen molar-refractivity contribution >= 4 is 11.8 Å². The van der Waals surface area contributed by atoms with Crippen molar-refractivity contribution in [3.63, 3.8) is 0 Å². The standard InChI is InChI=1S/C23H22N2O3/c1-28-20-14-8-9-17(15-20)16-24-23(27)21(18-10-4-2-5-11-18)25-22(26)19-12-6-3-7-13-19/h2-15,21H,16H2,1H3,(H,24,27)(H,25,26)/t21-/m1/s1. The van der Waals surface area contributed by atoms with Crippen LogP contribution < -0.4 is 15.4 Å². The topological polar surface area (TPSA) is 67.4 Å². The number of amides is 2. The van der Waals surface area contributed by atoms with Gasteiger partial charge in [0, 0.05) is 12.1 Å². The smallest absolute Gasteiger partial charge is 0.252 e. The zero-order valence-electron chi connectivity index (χ0n) is 15.6. The summed E-state index contributed by atoms with van der Waals surface area (Å²) in [5, 5.41) is 5.73. The van der Waals surface area contributed by atoms with Crippen molar-refractivity contribution in [2.45, 2.75) is 12.6 Å². The summed E-state index contributed by atoms with van der Waals surface area (Å²) in [6, 6.07) is 24.7. The van der Waals surface area contributed by atoms with Crippen molar-refractivity contribution < 1.29 is 14.3 Å². The Morgan fingerprint density at radius 1 is 0.893 bits per heavy atom. The molecule has 0 aliphatic rings. The van der Waals surface area contributed by atoms with Crippen LogP contribution in [0.15, 0.2) is 84.9 Å². The van der Waals surface area contributed by atoms with Gasteiger partial charge in [-0.25, -0.2) is 0 Å². The van der Waals surface area contributed by atoms with E-state index in [-0.39, 0.29) is 11.8 Å². The predicted octanol–water partition coefficient (Wildman–Crippen LogP) is 3.48. The molecule has 142 valence electrons. The number of methoxy groups -OCH3 is 1. The third-order valence-corrected chi connectivity index (χ3v) is 4.31. The monoisotopic (exact) mass is 374 g/mol. The lowest BCUT2D eigenvalue weighted by Crippen LogP contribution is -2.40. The summed E-state index contributed by atoms with van der Waals surface area (Å²) in [7, 11) is 1.60. The minimum atomic E-state index is -0.792. The van der Waals surface area contributed by atoms with Gasteiger partial charge < -0.3 is 15.4 Å². The molecule has 0 aliphatic heterocycles. The van der Waals surface area contributed by atoms with Crippen molar-refractivity contribution in [1.29, 1.82) is 0 Å². The number of benzene rings is 3. The van der Waals surface area contributed by atoms with E-state index >= 15 is 0 Å². The van der Waals surface area contributed by atoms with Crippen molar-refractivity contribution in [1.82, 2.24) is 10.6 Å². The van der Waals surface area contributed by atoms with Gasteiger partial charge in [-0.15, -0.1) is 0 Å². The summed E-state index contributed by atoms with van der Waals surface area (Å²) in [5.74, 6) is 0.146. The van der Waals surface area contributed by atoms with Crippen LogP contribution in [-0.2, 0) is 11.3 Å². The third-order valence-electron chi connectivity index (χ3n) is 4.31. The molecule has 0 heterocycles. The van der Waals surface area contributed by atoms with E-state index in [0.29, 0.717) is 12.1 Å². The Labute approximate surface area is 164 Å². The second-order valence-corrected chi connectivity index (χ2v) is 6.25. The highest BCUT2D eigenvalue weighted by atomic mass is 16.5. The van der Waals surface area contributed by atoms with Crippen LogP contribution in [-0.4, -0.2) is 18.9 Å². The minimum absolute atomic E-state index is 0.279. The molecule has 0 spiro atoms. The van der Waals surface area contributed by atoms with E-state index in [1.807, 2.05) is 60.7 Å². The fourth-order valence-corrected chi connectivity index (χ4v) is 2.82. The summed E-state index contributed by atoms with van der Waals surface area (Å²) in [5.41, 5.74) is 2.13. The van der Waals surface area contributed by atoms with E-state index in [1.54, 1.807) is 31.4 Å². The van der Waals surface area contributed by atoms with Gasteiger partial charge in [0.15, 0.2) is 0 Å². The van der Waals surface area contributed by atoms with Crippen LogP contribution in [0.3, 0.4) is 0 Å². The van der Waals surface area contributed by atoms with Crippen LogP contribution in [0.1, 0.15) is 27.5 Å². The molecular formula is C23H22N2O3. The molecule has 0 fully saturated rings. The first-order chi connectivity index (χ1) is 13.7. The van der Waals surface area contributed by atoms with E-state index in [0.717, 1.165) is 16.9 Å². The Morgan fingerprint density at radius 3 is 2.25 bits per heavy atom. The Hall–Kier alpha value is -3.60. The van der Waals surface area contributed by atoms with Gasteiger partial charge in [0.2, 0.25) is 5.91 Å². The van der Waals surface area contributed by atoms with Gasteiger partial charge in [-0.05, 0) is 35.4 Å². The normalized spacial score (nSPS) is 11.3. The first-order valence-electron chi connectivity index (χ1n) is 8.99. The lowest BCUT2D eigenvalue weighted by atomic mass is 10.0. The second-order valence-electron chi connectivity index (χ2n) is 6.25. The number of hydrogen-bond acceptors (Lipinski definition) is 3.